The molecule has 0 bridgehead atoms. The van der Waals surface area contributed by atoms with E-state index in [-0.39, 0.29) is 5.75 Å². The zero-order valence-electron chi connectivity index (χ0n) is 14.4. The van der Waals surface area contributed by atoms with Crippen molar-refractivity contribution in [3.05, 3.63) is 82.9 Å². The van der Waals surface area contributed by atoms with E-state index in [2.05, 4.69) is 5.32 Å². The second-order valence-corrected chi connectivity index (χ2v) is 6.18. The summed E-state index contributed by atoms with van der Waals surface area (Å²) < 4.78 is 11.3. The molecule has 134 valence electrons. The standard InChI is InChI=1S/C21H20ClNO3/c1-25-20-11-16(13-23-17-7-9-18(24)10-8-17)19(22)12-21(20)26-14-15-5-3-2-4-6-15/h2-12,23-24H,13-14H2,1H3. The molecule has 26 heavy (non-hydrogen) atoms. The predicted molar refractivity (Wildman–Crippen MR) is 104 cm³/mol. The third-order valence-electron chi connectivity index (χ3n) is 3.92. The minimum atomic E-state index is 0.232. The monoisotopic (exact) mass is 369 g/mol. The second-order valence-electron chi connectivity index (χ2n) is 5.77. The lowest BCUT2D eigenvalue weighted by molar-refractivity contribution is 0.284. The Morgan fingerprint density at radius 2 is 1.69 bits per heavy atom. The Labute approximate surface area is 158 Å². The van der Waals surface area contributed by atoms with Crippen LogP contribution in [0.2, 0.25) is 5.02 Å². The van der Waals surface area contributed by atoms with Crippen LogP contribution in [0, 0.1) is 0 Å². The van der Waals surface area contributed by atoms with Gasteiger partial charge < -0.3 is 19.9 Å². The van der Waals surface area contributed by atoms with Gasteiger partial charge in [0.1, 0.15) is 12.4 Å². The number of phenols is 1. The molecule has 0 spiro atoms. The van der Waals surface area contributed by atoms with Crippen LogP contribution in [0.4, 0.5) is 5.69 Å². The van der Waals surface area contributed by atoms with E-state index >= 15 is 0 Å². The first-order valence-electron chi connectivity index (χ1n) is 8.22. The van der Waals surface area contributed by atoms with Gasteiger partial charge in [0.25, 0.3) is 0 Å². The van der Waals surface area contributed by atoms with E-state index in [0.29, 0.717) is 29.7 Å². The lowest BCUT2D eigenvalue weighted by Gasteiger charge is -2.15. The molecule has 5 heteroatoms. The lowest BCUT2D eigenvalue weighted by Crippen LogP contribution is -2.02. The van der Waals surface area contributed by atoms with Gasteiger partial charge in [0.15, 0.2) is 11.5 Å². The highest BCUT2D eigenvalue weighted by atomic mass is 35.5. The Morgan fingerprint density at radius 1 is 0.962 bits per heavy atom. The van der Waals surface area contributed by atoms with Crippen molar-refractivity contribution in [1.29, 1.82) is 0 Å². The minimum Gasteiger partial charge on any atom is -0.508 e. The van der Waals surface area contributed by atoms with Crippen LogP contribution in [0.25, 0.3) is 0 Å². The molecule has 0 unspecified atom stereocenters. The quantitative estimate of drug-likeness (QED) is 0.559. The maximum Gasteiger partial charge on any atom is 0.163 e. The second kappa shape index (κ2) is 8.50. The van der Waals surface area contributed by atoms with Gasteiger partial charge in [-0.05, 0) is 41.5 Å². The normalized spacial score (nSPS) is 10.4. The number of anilines is 1. The Morgan fingerprint density at radius 3 is 2.38 bits per heavy atom. The van der Waals surface area contributed by atoms with Crippen molar-refractivity contribution in [3.8, 4) is 17.2 Å². The molecule has 2 N–H and O–H groups in total. The summed E-state index contributed by atoms with van der Waals surface area (Å²) in [5.41, 5.74) is 2.86. The van der Waals surface area contributed by atoms with Crippen molar-refractivity contribution in [3.63, 3.8) is 0 Å². The van der Waals surface area contributed by atoms with Crippen LogP contribution in [0.1, 0.15) is 11.1 Å². The number of hydrogen-bond donors (Lipinski definition) is 2. The number of nitrogens with one attached hydrogen (secondary N) is 1. The highest BCUT2D eigenvalue weighted by Gasteiger charge is 2.11. The van der Waals surface area contributed by atoms with E-state index in [1.165, 1.54) is 0 Å². The van der Waals surface area contributed by atoms with Crippen LogP contribution in [0.3, 0.4) is 0 Å². The van der Waals surface area contributed by atoms with Gasteiger partial charge in [0, 0.05) is 23.3 Å². The summed E-state index contributed by atoms with van der Waals surface area (Å²) >= 11 is 6.42. The largest absolute Gasteiger partial charge is 0.508 e. The van der Waals surface area contributed by atoms with Gasteiger partial charge in [-0.1, -0.05) is 41.9 Å². The van der Waals surface area contributed by atoms with Gasteiger partial charge in [-0.15, -0.1) is 0 Å². The van der Waals surface area contributed by atoms with Gasteiger partial charge in [-0.2, -0.15) is 0 Å². The Kier molecular flexibility index (Phi) is 5.87. The first-order chi connectivity index (χ1) is 12.7. The SMILES string of the molecule is COc1cc(CNc2ccc(O)cc2)c(Cl)cc1OCc1ccccc1. The minimum absolute atomic E-state index is 0.232. The molecule has 0 aliphatic carbocycles. The highest BCUT2D eigenvalue weighted by Crippen LogP contribution is 2.34. The fourth-order valence-corrected chi connectivity index (χ4v) is 2.72. The number of hydrogen-bond acceptors (Lipinski definition) is 4. The van der Waals surface area contributed by atoms with Crippen LogP contribution >= 0.6 is 11.6 Å². The van der Waals surface area contributed by atoms with Crippen LogP contribution in [0.15, 0.2) is 66.7 Å². The zero-order valence-corrected chi connectivity index (χ0v) is 15.2. The number of halogens is 1. The molecular formula is C21H20ClNO3. The molecule has 3 rings (SSSR count). The number of aromatic hydroxyl groups is 1. The van der Waals surface area contributed by atoms with Gasteiger partial charge in [0.2, 0.25) is 0 Å². The number of benzene rings is 3. The van der Waals surface area contributed by atoms with E-state index in [1.807, 2.05) is 36.4 Å². The molecule has 0 aliphatic rings. The van der Waals surface area contributed by atoms with Gasteiger partial charge in [0.05, 0.1) is 7.11 Å². The maximum absolute atomic E-state index is 9.34. The summed E-state index contributed by atoms with van der Waals surface area (Å²) in [6.45, 7) is 0.970. The first kappa shape index (κ1) is 18.0. The summed E-state index contributed by atoms with van der Waals surface area (Å²) in [4.78, 5) is 0. The summed E-state index contributed by atoms with van der Waals surface area (Å²) in [6, 6.07) is 20.4. The summed E-state index contributed by atoms with van der Waals surface area (Å²) in [6.07, 6.45) is 0. The van der Waals surface area contributed by atoms with E-state index < -0.39 is 0 Å². The lowest BCUT2D eigenvalue weighted by atomic mass is 10.2. The van der Waals surface area contributed by atoms with Gasteiger partial charge in [-0.25, -0.2) is 0 Å². The molecule has 4 nitrogen and oxygen atoms in total. The molecule has 0 heterocycles. The summed E-state index contributed by atoms with van der Waals surface area (Å²) in [5, 5.41) is 13.2. The maximum atomic E-state index is 9.34. The Bertz CT molecular complexity index is 851. The van der Waals surface area contributed by atoms with Gasteiger partial charge in [-0.3, -0.25) is 0 Å². The fraction of sp³-hybridized carbons (Fsp3) is 0.143. The van der Waals surface area contributed by atoms with Crippen molar-refractivity contribution in [2.45, 2.75) is 13.2 Å². The average Bonchev–Trinajstić information content (AvgIpc) is 2.67. The van der Waals surface area contributed by atoms with Crippen LogP contribution in [-0.4, -0.2) is 12.2 Å². The molecule has 0 amide bonds. The molecule has 3 aromatic carbocycles. The third kappa shape index (κ3) is 4.61. The smallest absolute Gasteiger partial charge is 0.163 e. The molecule has 0 fully saturated rings. The van der Waals surface area contributed by atoms with Crippen LogP contribution < -0.4 is 14.8 Å². The molecule has 0 aliphatic heterocycles. The molecule has 0 saturated carbocycles. The number of phenolic OH excluding ortho intramolecular Hbond substituents is 1. The van der Waals surface area contributed by atoms with E-state index in [9.17, 15) is 5.11 Å². The highest BCUT2D eigenvalue weighted by molar-refractivity contribution is 6.31. The Hall–Kier alpha value is -2.85. The van der Waals surface area contributed by atoms with Crippen LogP contribution in [-0.2, 0) is 13.2 Å². The number of rotatable bonds is 7. The molecule has 0 saturated heterocycles. The molecule has 0 radical (unpaired) electrons. The van der Waals surface area contributed by atoms with Crippen molar-refractivity contribution >= 4 is 17.3 Å². The summed E-state index contributed by atoms with van der Waals surface area (Å²) in [7, 11) is 1.61. The van der Waals surface area contributed by atoms with Crippen LogP contribution in [0.5, 0.6) is 17.2 Å². The predicted octanol–water partition coefficient (Wildman–Crippen LogP) is 5.25. The van der Waals surface area contributed by atoms with E-state index in [1.54, 1.807) is 37.4 Å². The number of ether oxygens (including phenoxy) is 2. The molecular weight excluding hydrogens is 350 g/mol. The average molecular weight is 370 g/mol. The molecule has 0 aromatic heterocycles. The first-order valence-corrected chi connectivity index (χ1v) is 8.59. The number of methoxy groups -OCH3 is 1. The van der Waals surface area contributed by atoms with Crippen molar-refractivity contribution in [2.75, 3.05) is 12.4 Å². The molecule has 3 aromatic rings. The van der Waals surface area contributed by atoms with Crippen molar-refractivity contribution in [1.82, 2.24) is 0 Å². The fourth-order valence-electron chi connectivity index (χ4n) is 2.50. The Balaban J connectivity index is 1.70. The van der Waals surface area contributed by atoms with Crippen molar-refractivity contribution in [2.24, 2.45) is 0 Å². The van der Waals surface area contributed by atoms with E-state index in [0.717, 1.165) is 16.8 Å². The summed E-state index contributed by atoms with van der Waals surface area (Å²) in [5.74, 6) is 1.47. The zero-order chi connectivity index (χ0) is 18.4. The van der Waals surface area contributed by atoms with Gasteiger partial charge >= 0.3 is 0 Å². The topological polar surface area (TPSA) is 50.7 Å². The van der Waals surface area contributed by atoms with E-state index in [4.69, 9.17) is 21.1 Å². The third-order valence-corrected chi connectivity index (χ3v) is 4.27. The van der Waals surface area contributed by atoms with Crippen molar-refractivity contribution < 1.29 is 14.6 Å². The molecule has 0 atom stereocenters.